The van der Waals surface area contributed by atoms with E-state index in [4.69, 9.17) is 0 Å². The molecular weight excluding hydrogens is 240 g/mol. The molecule has 1 heterocycles. The number of nitrogens with one attached hydrogen (secondary N) is 2. The van der Waals surface area contributed by atoms with Gasteiger partial charge in [0.2, 0.25) is 0 Å². The van der Waals surface area contributed by atoms with Gasteiger partial charge >= 0.3 is 0 Å². The number of hydrogen-bond donors (Lipinski definition) is 3. The molecule has 1 atom stereocenters. The number of aromatic amines is 1. The molecule has 102 valence electrons. The largest absolute Gasteiger partial charge is 0.394 e. The topological polar surface area (TPSA) is 65.1 Å². The molecule has 0 bridgehead atoms. The molecule has 1 amide bonds. The average Bonchev–Trinajstić information content (AvgIpc) is 2.86. The van der Waals surface area contributed by atoms with Gasteiger partial charge in [0.1, 0.15) is 0 Å². The Morgan fingerprint density at radius 1 is 1.42 bits per heavy atom. The van der Waals surface area contributed by atoms with Crippen molar-refractivity contribution in [1.29, 1.82) is 0 Å². The minimum atomic E-state index is -0.557. The molecule has 3 N–H and O–H groups in total. The van der Waals surface area contributed by atoms with Crippen molar-refractivity contribution in [3.05, 3.63) is 36.0 Å². The Hall–Kier alpha value is -1.81. The molecule has 0 saturated carbocycles. The van der Waals surface area contributed by atoms with Crippen LogP contribution in [0.25, 0.3) is 10.9 Å². The van der Waals surface area contributed by atoms with Crippen molar-refractivity contribution >= 4 is 16.8 Å². The summed E-state index contributed by atoms with van der Waals surface area (Å²) in [7, 11) is 0. The predicted octanol–water partition coefficient (Wildman–Crippen LogP) is 2.45. The van der Waals surface area contributed by atoms with Gasteiger partial charge in [-0.05, 0) is 37.6 Å². The van der Waals surface area contributed by atoms with E-state index in [2.05, 4.69) is 10.3 Å². The third kappa shape index (κ3) is 2.96. The van der Waals surface area contributed by atoms with E-state index in [9.17, 15) is 9.90 Å². The van der Waals surface area contributed by atoms with Gasteiger partial charge in [-0.15, -0.1) is 0 Å². The second kappa shape index (κ2) is 5.45. The summed E-state index contributed by atoms with van der Waals surface area (Å²) in [6, 6.07) is 7.46. The molecule has 0 fully saturated rings. The zero-order valence-corrected chi connectivity index (χ0v) is 11.4. The van der Waals surface area contributed by atoms with Crippen molar-refractivity contribution in [2.24, 2.45) is 0 Å². The van der Waals surface area contributed by atoms with Crippen LogP contribution in [0.3, 0.4) is 0 Å². The third-order valence-corrected chi connectivity index (χ3v) is 3.38. The summed E-state index contributed by atoms with van der Waals surface area (Å²) >= 11 is 0. The summed E-state index contributed by atoms with van der Waals surface area (Å²) in [5.41, 5.74) is 1.07. The fourth-order valence-electron chi connectivity index (χ4n) is 2.27. The molecule has 1 aromatic carbocycles. The highest BCUT2D eigenvalue weighted by molar-refractivity contribution is 5.98. The molecule has 0 aliphatic carbocycles. The van der Waals surface area contributed by atoms with Crippen molar-refractivity contribution < 1.29 is 9.90 Å². The van der Waals surface area contributed by atoms with E-state index in [0.717, 1.165) is 23.7 Å². The summed E-state index contributed by atoms with van der Waals surface area (Å²) in [6.45, 7) is 3.84. The quantitative estimate of drug-likeness (QED) is 0.773. The van der Waals surface area contributed by atoms with Crippen LogP contribution in [0, 0.1) is 0 Å². The molecule has 0 aliphatic heterocycles. The van der Waals surface area contributed by atoms with E-state index in [-0.39, 0.29) is 12.5 Å². The number of benzene rings is 1. The monoisotopic (exact) mass is 260 g/mol. The molecule has 4 heteroatoms. The summed E-state index contributed by atoms with van der Waals surface area (Å²) < 4.78 is 0. The highest BCUT2D eigenvalue weighted by atomic mass is 16.3. The standard InChI is InChI=1S/C15H20N2O2/c1-3-7-15(2,10-18)17-14(19)12-4-5-13-11(9-12)6-8-16-13/h4-6,8-9,16,18H,3,7,10H2,1-2H3,(H,17,19). The van der Waals surface area contributed by atoms with Crippen LogP contribution >= 0.6 is 0 Å². The number of rotatable bonds is 5. The first-order valence-corrected chi connectivity index (χ1v) is 6.58. The fraction of sp³-hybridized carbons (Fsp3) is 0.400. The summed E-state index contributed by atoms with van der Waals surface area (Å²) in [4.78, 5) is 15.3. The van der Waals surface area contributed by atoms with E-state index in [1.807, 2.05) is 38.2 Å². The number of carbonyl (C=O) groups is 1. The Morgan fingerprint density at radius 2 is 2.21 bits per heavy atom. The summed E-state index contributed by atoms with van der Waals surface area (Å²) in [5, 5.41) is 13.4. The second-order valence-corrected chi connectivity index (χ2v) is 5.20. The van der Waals surface area contributed by atoms with Gasteiger partial charge in [0.15, 0.2) is 0 Å². The Morgan fingerprint density at radius 3 is 2.89 bits per heavy atom. The van der Waals surface area contributed by atoms with Gasteiger partial charge in [-0.3, -0.25) is 4.79 Å². The van der Waals surface area contributed by atoms with E-state index in [0.29, 0.717) is 5.56 Å². The molecule has 2 rings (SSSR count). The Bertz CT molecular complexity index is 576. The SMILES string of the molecule is CCCC(C)(CO)NC(=O)c1ccc2[nH]ccc2c1. The van der Waals surface area contributed by atoms with Gasteiger partial charge in [-0.1, -0.05) is 13.3 Å². The fourth-order valence-corrected chi connectivity index (χ4v) is 2.27. The van der Waals surface area contributed by atoms with Crippen LogP contribution in [0.15, 0.2) is 30.5 Å². The molecule has 0 saturated heterocycles. The smallest absolute Gasteiger partial charge is 0.251 e. The van der Waals surface area contributed by atoms with Crippen LogP contribution in [0.4, 0.5) is 0 Å². The van der Waals surface area contributed by atoms with Crippen LogP contribution in [0.5, 0.6) is 0 Å². The Labute approximate surface area is 112 Å². The van der Waals surface area contributed by atoms with Gasteiger partial charge in [0.05, 0.1) is 12.1 Å². The Kier molecular flexibility index (Phi) is 3.90. The first kappa shape index (κ1) is 13.6. The van der Waals surface area contributed by atoms with Crippen molar-refractivity contribution in [3.63, 3.8) is 0 Å². The number of aromatic nitrogens is 1. The number of H-pyrrole nitrogens is 1. The summed E-state index contributed by atoms with van der Waals surface area (Å²) in [6.07, 6.45) is 3.51. The van der Waals surface area contributed by atoms with Crippen LogP contribution in [-0.4, -0.2) is 28.1 Å². The van der Waals surface area contributed by atoms with Crippen LogP contribution in [0.1, 0.15) is 37.0 Å². The lowest BCUT2D eigenvalue weighted by Crippen LogP contribution is -2.48. The number of aliphatic hydroxyl groups is 1. The van der Waals surface area contributed by atoms with E-state index >= 15 is 0 Å². The Balaban J connectivity index is 2.18. The first-order valence-electron chi connectivity index (χ1n) is 6.58. The van der Waals surface area contributed by atoms with Gasteiger partial charge in [0.25, 0.3) is 5.91 Å². The highest BCUT2D eigenvalue weighted by Gasteiger charge is 2.25. The molecule has 4 nitrogen and oxygen atoms in total. The molecule has 19 heavy (non-hydrogen) atoms. The minimum Gasteiger partial charge on any atom is -0.394 e. The molecule has 0 radical (unpaired) electrons. The maximum atomic E-state index is 12.2. The normalized spacial score (nSPS) is 14.3. The molecular formula is C15H20N2O2. The van der Waals surface area contributed by atoms with Crippen LogP contribution < -0.4 is 5.32 Å². The number of hydrogen-bond acceptors (Lipinski definition) is 2. The lowest BCUT2D eigenvalue weighted by atomic mass is 9.96. The maximum absolute atomic E-state index is 12.2. The van der Waals surface area contributed by atoms with Crippen LogP contribution in [0.2, 0.25) is 0 Å². The number of amides is 1. The maximum Gasteiger partial charge on any atom is 0.251 e. The van der Waals surface area contributed by atoms with Crippen LogP contribution in [-0.2, 0) is 0 Å². The minimum absolute atomic E-state index is 0.0566. The van der Waals surface area contributed by atoms with E-state index in [1.165, 1.54) is 0 Å². The van der Waals surface area contributed by atoms with Crippen molar-refractivity contribution in [2.45, 2.75) is 32.2 Å². The molecule has 0 spiro atoms. The third-order valence-electron chi connectivity index (χ3n) is 3.38. The average molecular weight is 260 g/mol. The molecule has 1 unspecified atom stereocenters. The number of carbonyl (C=O) groups excluding carboxylic acids is 1. The first-order chi connectivity index (χ1) is 9.08. The zero-order chi connectivity index (χ0) is 13.9. The number of fused-ring (bicyclic) bond motifs is 1. The van der Waals surface area contributed by atoms with Gasteiger partial charge in [0, 0.05) is 22.7 Å². The van der Waals surface area contributed by atoms with Crippen molar-refractivity contribution in [1.82, 2.24) is 10.3 Å². The van der Waals surface area contributed by atoms with Gasteiger partial charge in [-0.2, -0.15) is 0 Å². The van der Waals surface area contributed by atoms with Crippen molar-refractivity contribution in [2.75, 3.05) is 6.61 Å². The van der Waals surface area contributed by atoms with Gasteiger partial charge < -0.3 is 15.4 Å². The lowest BCUT2D eigenvalue weighted by molar-refractivity contribution is 0.0841. The number of aliphatic hydroxyl groups excluding tert-OH is 1. The second-order valence-electron chi connectivity index (χ2n) is 5.20. The summed E-state index contributed by atoms with van der Waals surface area (Å²) in [5.74, 6) is -0.145. The molecule has 0 aliphatic rings. The van der Waals surface area contributed by atoms with Gasteiger partial charge in [-0.25, -0.2) is 0 Å². The van der Waals surface area contributed by atoms with E-state index < -0.39 is 5.54 Å². The van der Waals surface area contributed by atoms with E-state index in [1.54, 1.807) is 6.07 Å². The molecule has 1 aromatic heterocycles. The predicted molar refractivity (Wildman–Crippen MR) is 76.2 cm³/mol. The molecule has 2 aromatic rings. The van der Waals surface area contributed by atoms with Crippen molar-refractivity contribution in [3.8, 4) is 0 Å². The lowest BCUT2D eigenvalue weighted by Gasteiger charge is -2.28. The zero-order valence-electron chi connectivity index (χ0n) is 11.4. The highest BCUT2D eigenvalue weighted by Crippen LogP contribution is 2.16.